The highest BCUT2D eigenvalue weighted by molar-refractivity contribution is 5.74. The van der Waals surface area contributed by atoms with Gasteiger partial charge in [-0.15, -0.1) is 0 Å². The fourth-order valence-corrected chi connectivity index (χ4v) is 0.434. The molecular formula is C6H12N2O4. The largest absolute Gasteiger partial charge is 0.379 e. The Morgan fingerprint density at radius 1 is 1.25 bits per heavy atom. The summed E-state index contributed by atoms with van der Waals surface area (Å²) in [6.07, 6.45) is 0. The number of rotatable bonds is 1. The van der Waals surface area contributed by atoms with Crippen LogP contribution in [0.2, 0.25) is 0 Å². The van der Waals surface area contributed by atoms with E-state index in [-0.39, 0.29) is 0 Å². The van der Waals surface area contributed by atoms with Gasteiger partial charge in [0.1, 0.15) is 0 Å². The van der Waals surface area contributed by atoms with E-state index >= 15 is 0 Å². The normalized spacial score (nSPS) is 9.00. The second-order valence-corrected chi connectivity index (χ2v) is 2.20. The predicted octanol–water partition coefficient (Wildman–Crippen LogP) is 0.00950. The van der Waals surface area contributed by atoms with E-state index in [4.69, 9.17) is 0 Å². The molecule has 0 rings (SSSR count). The van der Waals surface area contributed by atoms with Gasteiger partial charge >= 0.3 is 12.0 Å². The molecule has 70 valence electrons. The number of nitrogens with zero attached hydrogens (tertiary/aromatic N) is 2. The first-order valence-corrected chi connectivity index (χ1v) is 3.23. The van der Waals surface area contributed by atoms with Crippen LogP contribution < -0.4 is 0 Å². The predicted molar refractivity (Wildman–Crippen MR) is 39.7 cm³/mol. The smallest absolute Gasteiger partial charge is 0.326 e. The summed E-state index contributed by atoms with van der Waals surface area (Å²) in [5.74, 6) is -0.618. The summed E-state index contributed by atoms with van der Waals surface area (Å²) in [6, 6.07) is -0.562. The molecule has 0 unspecified atom stereocenters. The molecule has 0 fully saturated rings. The Balaban J connectivity index is 4.15. The maximum absolute atomic E-state index is 11.1. The summed E-state index contributed by atoms with van der Waals surface area (Å²) in [5.41, 5.74) is 0. The van der Waals surface area contributed by atoms with E-state index in [2.05, 4.69) is 9.68 Å². The van der Waals surface area contributed by atoms with E-state index in [1.807, 2.05) is 0 Å². The molecule has 12 heavy (non-hydrogen) atoms. The molecule has 0 aromatic carbocycles. The van der Waals surface area contributed by atoms with E-state index in [0.29, 0.717) is 5.23 Å². The van der Waals surface area contributed by atoms with Crippen molar-refractivity contribution < 1.29 is 19.3 Å². The summed E-state index contributed by atoms with van der Waals surface area (Å²) in [6.45, 7) is 1.18. The maximum Gasteiger partial charge on any atom is 0.379 e. The Labute approximate surface area is 70.5 Å². The Morgan fingerprint density at radius 2 is 1.75 bits per heavy atom. The molecule has 6 heteroatoms. The zero-order valence-electron chi connectivity index (χ0n) is 7.53. The lowest BCUT2D eigenvalue weighted by Crippen LogP contribution is -2.39. The van der Waals surface area contributed by atoms with E-state index in [1.54, 1.807) is 0 Å². The number of carbonyl (C=O) groups is 2. The monoisotopic (exact) mass is 176 g/mol. The third-order valence-electron chi connectivity index (χ3n) is 0.916. The van der Waals surface area contributed by atoms with Crippen molar-refractivity contribution in [1.82, 2.24) is 10.1 Å². The summed E-state index contributed by atoms with van der Waals surface area (Å²) in [4.78, 5) is 31.6. The van der Waals surface area contributed by atoms with Crippen LogP contribution in [0, 0.1) is 0 Å². The highest BCUT2D eigenvalue weighted by atomic mass is 17.0. The molecule has 0 atom stereocenters. The van der Waals surface area contributed by atoms with Crippen LogP contribution >= 0.6 is 0 Å². The molecule has 0 heterocycles. The van der Waals surface area contributed by atoms with Gasteiger partial charge in [-0.25, -0.2) is 14.4 Å². The molecule has 0 aromatic heterocycles. The highest BCUT2D eigenvalue weighted by Gasteiger charge is 2.18. The summed E-state index contributed by atoms with van der Waals surface area (Å²) >= 11 is 0. The van der Waals surface area contributed by atoms with Gasteiger partial charge in [0.05, 0.1) is 7.11 Å². The van der Waals surface area contributed by atoms with Crippen LogP contribution in [0.1, 0.15) is 6.92 Å². The number of urea groups is 1. The number of amides is 2. The highest BCUT2D eigenvalue weighted by Crippen LogP contribution is 1.96. The maximum atomic E-state index is 11.1. The molecule has 0 aromatic rings. The topological polar surface area (TPSA) is 59.1 Å². The molecule has 0 aliphatic rings. The number of hydrogen-bond donors (Lipinski definition) is 0. The van der Waals surface area contributed by atoms with Crippen molar-refractivity contribution in [2.24, 2.45) is 0 Å². The first kappa shape index (κ1) is 10.7. The van der Waals surface area contributed by atoms with Gasteiger partial charge in [0.25, 0.3) is 0 Å². The van der Waals surface area contributed by atoms with E-state index in [1.165, 1.54) is 33.0 Å². The second kappa shape index (κ2) is 4.55. The lowest BCUT2D eigenvalue weighted by Gasteiger charge is -2.20. The van der Waals surface area contributed by atoms with Gasteiger partial charge in [-0.3, -0.25) is 0 Å². The average Bonchev–Trinajstić information content (AvgIpc) is 1.98. The van der Waals surface area contributed by atoms with Crippen LogP contribution in [0.4, 0.5) is 4.79 Å². The van der Waals surface area contributed by atoms with Crippen molar-refractivity contribution in [2.45, 2.75) is 6.92 Å². The van der Waals surface area contributed by atoms with Gasteiger partial charge < -0.3 is 9.74 Å². The van der Waals surface area contributed by atoms with Gasteiger partial charge in [-0.05, 0) is 5.23 Å². The van der Waals surface area contributed by atoms with Crippen LogP contribution in [0.15, 0.2) is 0 Å². The Kier molecular flexibility index (Phi) is 4.06. The van der Waals surface area contributed by atoms with Crippen molar-refractivity contribution in [3.8, 4) is 0 Å². The quantitative estimate of drug-likeness (QED) is 0.528. The van der Waals surface area contributed by atoms with Crippen LogP contribution in [0.3, 0.4) is 0 Å². The molecule has 0 aliphatic carbocycles. The fourth-order valence-electron chi connectivity index (χ4n) is 0.434. The molecule has 0 saturated heterocycles. The lowest BCUT2D eigenvalue weighted by molar-refractivity contribution is -0.296. The van der Waals surface area contributed by atoms with Crippen LogP contribution in [-0.2, 0) is 14.5 Å². The standard InChI is InChI=1S/C6H12N2O4/c1-5(9)12-8(11-4)6(10)7(2)3/h1-4H3. The molecule has 6 nitrogen and oxygen atoms in total. The average molecular weight is 176 g/mol. The molecule has 0 saturated carbocycles. The Hall–Kier alpha value is -1.30. The third kappa shape index (κ3) is 3.20. The first-order valence-electron chi connectivity index (χ1n) is 3.23. The molecule has 0 radical (unpaired) electrons. The van der Waals surface area contributed by atoms with E-state index in [9.17, 15) is 9.59 Å². The molecule has 0 aliphatic heterocycles. The van der Waals surface area contributed by atoms with Crippen LogP contribution in [0.25, 0.3) is 0 Å². The fraction of sp³-hybridized carbons (Fsp3) is 0.667. The SMILES string of the molecule is CON(OC(C)=O)C(=O)N(C)C. The Morgan fingerprint density at radius 3 is 2.00 bits per heavy atom. The van der Waals surface area contributed by atoms with Crippen molar-refractivity contribution in [2.75, 3.05) is 21.2 Å². The molecule has 0 bridgehead atoms. The van der Waals surface area contributed by atoms with Gasteiger partial charge in [-0.1, -0.05) is 0 Å². The van der Waals surface area contributed by atoms with E-state index in [0.717, 1.165) is 0 Å². The minimum atomic E-state index is -0.618. The van der Waals surface area contributed by atoms with Crippen LogP contribution in [0.5, 0.6) is 0 Å². The van der Waals surface area contributed by atoms with Crippen molar-refractivity contribution in [3.63, 3.8) is 0 Å². The summed E-state index contributed by atoms with van der Waals surface area (Å²) in [7, 11) is 4.25. The Bertz CT molecular complexity index is 180. The van der Waals surface area contributed by atoms with Crippen molar-refractivity contribution >= 4 is 12.0 Å². The number of carbonyl (C=O) groups excluding carboxylic acids is 2. The molecule has 0 N–H and O–H groups in total. The number of hydroxylamine groups is 2. The van der Waals surface area contributed by atoms with Gasteiger partial charge in [0.2, 0.25) is 0 Å². The van der Waals surface area contributed by atoms with Crippen LogP contribution in [-0.4, -0.2) is 43.3 Å². The van der Waals surface area contributed by atoms with Gasteiger partial charge in [-0.2, -0.15) is 0 Å². The minimum Gasteiger partial charge on any atom is -0.326 e. The van der Waals surface area contributed by atoms with Gasteiger partial charge in [0.15, 0.2) is 0 Å². The summed E-state index contributed by atoms with van der Waals surface area (Å²) < 4.78 is 0. The summed E-state index contributed by atoms with van der Waals surface area (Å²) in [5, 5.41) is 0.502. The zero-order valence-corrected chi connectivity index (χ0v) is 7.53. The van der Waals surface area contributed by atoms with Gasteiger partial charge in [0, 0.05) is 21.0 Å². The number of hydrogen-bond acceptors (Lipinski definition) is 4. The minimum absolute atomic E-state index is 0.502. The molecule has 2 amide bonds. The van der Waals surface area contributed by atoms with Crippen molar-refractivity contribution in [1.29, 1.82) is 0 Å². The third-order valence-corrected chi connectivity index (χ3v) is 0.916. The zero-order chi connectivity index (χ0) is 9.72. The molecular weight excluding hydrogens is 164 g/mol. The van der Waals surface area contributed by atoms with E-state index < -0.39 is 12.0 Å². The second-order valence-electron chi connectivity index (χ2n) is 2.20. The first-order chi connectivity index (χ1) is 5.49. The van der Waals surface area contributed by atoms with Crippen molar-refractivity contribution in [3.05, 3.63) is 0 Å². The lowest BCUT2D eigenvalue weighted by atomic mass is 10.8. The molecule has 0 spiro atoms.